The molecule has 0 amide bonds. The van der Waals surface area contributed by atoms with Crippen molar-refractivity contribution >= 4 is 0 Å². The zero-order valence-corrected chi connectivity index (χ0v) is 13.2. The van der Waals surface area contributed by atoms with Gasteiger partial charge in [0.1, 0.15) is 0 Å². The molecule has 0 aliphatic heterocycles. The van der Waals surface area contributed by atoms with E-state index in [0.717, 1.165) is 11.1 Å². The van der Waals surface area contributed by atoms with E-state index in [1.165, 1.54) is 34.9 Å². The molecule has 2 nitrogen and oxygen atoms in total. The molecule has 0 aliphatic carbocycles. The molecular weight excluding hydrogens is 308 g/mol. The van der Waals surface area contributed by atoms with Crippen molar-refractivity contribution in [2.45, 2.75) is 19.4 Å². The molecule has 122 valence electrons. The number of rotatable bonds is 4. The fourth-order valence-electron chi connectivity index (χ4n) is 2.61. The van der Waals surface area contributed by atoms with E-state index in [0.29, 0.717) is 6.54 Å². The number of hydrogen-bond donors (Lipinski definition) is 0. The van der Waals surface area contributed by atoms with Gasteiger partial charge in [-0.2, -0.15) is 8.78 Å². The monoisotopic (exact) mass is 325 g/mol. The van der Waals surface area contributed by atoms with Crippen LogP contribution in [0.1, 0.15) is 22.3 Å². The Balaban J connectivity index is 1.86. The number of benzene rings is 2. The second-order valence-electron chi connectivity index (χ2n) is 5.81. The van der Waals surface area contributed by atoms with E-state index in [1.807, 2.05) is 0 Å². The maximum atomic E-state index is 14.6. The van der Waals surface area contributed by atoms with Crippen LogP contribution in [0.15, 0.2) is 77.7 Å². The molecule has 0 spiro atoms. The average Bonchev–Trinajstić information content (AvgIpc) is 2.57. The number of aryl methyl sites for hydroxylation is 1. The summed E-state index contributed by atoms with van der Waals surface area (Å²) in [6.45, 7) is 2.15. The Bertz CT molecular complexity index is 898. The fraction of sp³-hybridized carbons (Fsp3) is 0.150. The first-order chi connectivity index (χ1) is 11.5. The van der Waals surface area contributed by atoms with Gasteiger partial charge in [-0.3, -0.25) is 4.79 Å². The van der Waals surface area contributed by atoms with Crippen LogP contribution < -0.4 is 5.56 Å². The molecule has 0 radical (unpaired) electrons. The molecule has 0 bridgehead atoms. The zero-order chi connectivity index (χ0) is 17.2. The second kappa shape index (κ2) is 6.40. The predicted octanol–water partition coefficient (Wildman–Crippen LogP) is 4.35. The molecule has 3 rings (SSSR count). The molecule has 0 unspecified atom stereocenters. The third-order valence-electron chi connectivity index (χ3n) is 3.95. The minimum Gasteiger partial charge on any atom is -0.311 e. The summed E-state index contributed by atoms with van der Waals surface area (Å²) in [6.07, 6.45) is 1.68. The van der Waals surface area contributed by atoms with Gasteiger partial charge in [-0.1, -0.05) is 54.1 Å². The molecule has 2 aromatic carbocycles. The van der Waals surface area contributed by atoms with Crippen LogP contribution in [-0.2, 0) is 12.5 Å². The lowest BCUT2D eigenvalue weighted by molar-refractivity contribution is 0.0427. The van der Waals surface area contributed by atoms with E-state index in [1.54, 1.807) is 49.5 Å². The highest BCUT2D eigenvalue weighted by Gasteiger charge is 2.33. The van der Waals surface area contributed by atoms with Crippen LogP contribution in [0.25, 0.3) is 0 Å². The van der Waals surface area contributed by atoms with E-state index >= 15 is 0 Å². The summed E-state index contributed by atoms with van der Waals surface area (Å²) in [5.41, 5.74) is 1.40. The normalized spacial score (nSPS) is 11.5. The van der Waals surface area contributed by atoms with Gasteiger partial charge < -0.3 is 4.57 Å². The number of pyridine rings is 1. The lowest BCUT2D eigenvalue weighted by Crippen LogP contribution is -2.18. The highest BCUT2D eigenvalue weighted by Crippen LogP contribution is 2.35. The molecule has 1 aromatic heterocycles. The molecule has 0 saturated heterocycles. The molecule has 3 aromatic rings. The van der Waals surface area contributed by atoms with Crippen LogP contribution in [-0.4, -0.2) is 4.57 Å². The molecule has 4 heteroatoms. The lowest BCUT2D eigenvalue weighted by atomic mass is 9.98. The fourth-order valence-corrected chi connectivity index (χ4v) is 2.61. The van der Waals surface area contributed by atoms with Crippen LogP contribution in [0.5, 0.6) is 0 Å². The van der Waals surface area contributed by atoms with Crippen molar-refractivity contribution in [2.24, 2.45) is 0 Å². The number of aromatic nitrogens is 1. The molecule has 0 saturated carbocycles. The number of alkyl halides is 2. The smallest absolute Gasteiger partial charge is 0.298 e. The number of halogens is 2. The van der Waals surface area contributed by atoms with Gasteiger partial charge in [-0.15, -0.1) is 0 Å². The van der Waals surface area contributed by atoms with Gasteiger partial charge in [0.2, 0.25) is 0 Å². The first-order valence-corrected chi connectivity index (χ1v) is 7.67. The van der Waals surface area contributed by atoms with Crippen molar-refractivity contribution in [2.75, 3.05) is 0 Å². The first-order valence-electron chi connectivity index (χ1n) is 7.67. The maximum absolute atomic E-state index is 14.6. The summed E-state index contributed by atoms with van der Waals surface area (Å²) >= 11 is 0. The van der Waals surface area contributed by atoms with Crippen molar-refractivity contribution < 1.29 is 8.78 Å². The van der Waals surface area contributed by atoms with E-state index in [4.69, 9.17) is 0 Å². The Labute approximate surface area is 139 Å². The van der Waals surface area contributed by atoms with Gasteiger partial charge in [0, 0.05) is 23.4 Å². The third-order valence-corrected chi connectivity index (χ3v) is 3.95. The van der Waals surface area contributed by atoms with Crippen molar-refractivity contribution in [3.8, 4) is 0 Å². The van der Waals surface area contributed by atoms with E-state index in [2.05, 4.69) is 0 Å². The first kappa shape index (κ1) is 16.1. The molecule has 24 heavy (non-hydrogen) atoms. The lowest BCUT2D eigenvalue weighted by Gasteiger charge is -2.18. The largest absolute Gasteiger partial charge is 0.311 e. The quantitative estimate of drug-likeness (QED) is 0.699. The molecular formula is C20H17F2NO. The average molecular weight is 325 g/mol. The third kappa shape index (κ3) is 3.27. The summed E-state index contributed by atoms with van der Waals surface area (Å²) in [6, 6.07) is 17.4. The Morgan fingerprint density at radius 1 is 0.917 bits per heavy atom. The molecule has 1 heterocycles. The minimum absolute atomic E-state index is 0.0190. The summed E-state index contributed by atoms with van der Waals surface area (Å²) in [5.74, 6) is -3.05. The van der Waals surface area contributed by atoms with Crippen molar-refractivity contribution in [3.63, 3.8) is 0 Å². The zero-order valence-electron chi connectivity index (χ0n) is 13.2. The van der Waals surface area contributed by atoms with Gasteiger partial charge in [-0.25, -0.2) is 0 Å². The summed E-state index contributed by atoms with van der Waals surface area (Å²) in [5, 5.41) is 0. The summed E-state index contributed by atoms with van der Waals surface area (Å²) in [7, 11) is 0. The van der Waals surface area contributed by atoms with Crippen LogP contribution in [0, 0.1) is 6.92 Å². The van der Waals surface area contributed by atoms with E-state index in [-0.39, 0.29) is 16.7 Å². The van der Waals surface area contributed by atoms with Crippen molar-refractivity contribution in [3.05, 3.63) is 106 Å². The Morgan fingerprint density at radius 3 is 2.33 bits per heavy atom. The highest BCUT2D eigenvalue weighted by atomic mass is 19.3. The number of nitrogens with zero attached hydrogens (tertiary/aromatic N) is 1. The second-order valence-corrected chi connectivity index (χ2v) is 5.81. The van der Waals surface area contributed by atoms with Crippen molar-refractivity contribution in [1.29, 1.82) is 0 Å². The van der Waals surface area contributed by atoms with Gasteiger partial charge in [0.15, 0.2) is 0 Å². The van der Waals surface area contributed by atoms with Crippen LogP contribution in [0.4, 0.5) is 8.78 Å². The van der Waals surface area contributed by atoms with Gasteiger partial charge in [0.25, 0.3) is 11.5 Å². The van der Waals surface area contributed by atoms with Crippen LogP contribution in [0.3, 0.4) is 0 Å². The molecule has 0 N–H and O–H groups in total. The number of hydrogen-bond acceptors (Lipinski definition) is 1. The summed E-state index contributed by atoms with van der Waals surface area (Å²) < 4.78 is 30.8. The Morgan fingerprint density at radius 2 is 1.67 bits per heavy atom. The maximum Gasteiger partial charge on any atom is 0.298 e. The van der Waals surface area contributed by atoms with Crippen LogP contribution >= 0.6 is 0 Å². The van der Waals surface area contributed by atoms with Gasteiger partial charge in [0.05, 0.1) is 6.54 Å². The van der Waals surface area contributed by atoms with Gasteiger partial charge >= 0.3 is 0 Å². The van der Waals surface area contributed by atoms with E-state index in [9.17, 15) is 13.6 Å². The predicted molar refractivity (Wildman–Crippen MR) is 90.4 cm³/mol. The van der Waals surface area contributed by atoms with Crippen LogP contribution in [0.2, 0.25) is 0 Å². The van der Waals surface area contributed by atoms with Crippen molar-refractivity contribution in [1.82, 2.24) is 4.57 Å². The Kier molecular flexibility index (Phi) is 4.30. The molecule has 0 atom stereocenters. The van der Waals surface area contributed by atoms with Gasteiger partial charge in [-0.05, 0) is 24.6 Å². The SMILES string of the molecule is Cc1cccc(C(F)(F)c2ccc(Cn3ccccc3=O)cc2)c1. The summed E-state index contributed by atoms with van der Waals surface area (Å²) in [4.78, 5) is 11.7. The minimum atomic E-state index is -3.05. The molecule has 0 aliphatic rings. The standard InChI is InChI=1S/C20H17F2NO/c1-15-5-4-6-18(13-15)20(21,22)17-10-8-16(9-11-17)14-23-12-3-2-7-19(23)24/h2-13H,14H2,1H3. The topological polar surface area (TPSA) is 22.0 Å². The highest BCUT2D eigenvalue weighted by molar-refractivity contribution is 5.36. The Hall–Kier alpha value is -2.75. The van der Waals surface area contributed by atoms with E-state index < -0.39 is 5.92 Å². The molecule has 0 fully saturated rings.